The van der Waals surface area contributed by atoms with Crippen molar-refractivity contribution in [1.29, 1.82) is 0 Å². The van der Waals surface area contributed by atoms with Crippen LogP contribution < -0.4 is 4.31 Å². The van der Waals surface area contributed by atoms with Crippen molar-refractivity contribution in [2.75, 3.05) is 23.9 Å². The minimum absolute atomic E-state index is 0.0695. The number of carbonyl (C=O) groups is 1. The number of anilines is 1. The third-order valence-electron chi connectivity index (χ3n) is 5.53. The van der Waals surface area contributed by atoms with Crippen LogP contribution in [0.15, 0.2) is 45.8 Å². The number of likely N-dealkylation sites (tertiary alicyclic amines) is 1. The fraction of sp³-hybridized carbons (Fsp3) is 0.364. The lowest BCUT2D eigenvalue weighted by atomic mass is 10.2. The fourth-order valence-electron chi connectivity index (χ4n) is 3.96. The number of aryl methyl sites for hydroxylation is 2. The van der Waals surface area contributed by atoms with Crippen LogP contribution in [0.5, 0.6) is 0 Å². The third-order valence-corrected chi connectivity index (χ3v) is 7.54. The Bertz CT molecular complexity index is 1210. The summed E-state index contributed by atoms with van der Waals surface area (Å²) in [6.07, 6.45) is 3.42. The van der Waals surface area contributed by atoms with Gasteiger partial charge >= 0.3 is 0 Å². The molecule has 0 bridgehead atoms. The molecule has 0 spiro atoms. The van der Waals surface area contributed by atoms with Gasteiger partial charge in [-0.2, -0.15) is 5.10 Å². The van der Waals surface area contributed by atoms with Crippen LogP contribution >= 0.6 is 0 Å². The maximum atomic E-state index is 13.5. The summed E-state index contributed by atoms with van der Waals surface area (Å²) in [5.41, 5.74) is 2.33. The molecule has 1 saturated heterocycles. The normalized spacial score (nSPS) is 14.2. The second-order valence-electron chi connectivity index (χ2n) is 7.70. The summed E-state index contributed by atoms with van der Waals surface area (Å²) in [5.74, 6) is 0.404. The van der Waals surface area contributed by atoms with Crippen LogP contribution in [-0.4, -0.2) is 49.1 Å². The highest BCUT2D eigenvalue weighted by atomic mass is 32.2. The predicted octanol–water partition coefficient (Wildman–Crippen LogP) is 3.74. The lowest BCUT2D eigenvalue weighted by Crippen LogP contribution is -2.31. The van der Waals surface area contributed by atoms with E-state index in [0.29, 0.717) is 30.0 Å². The van der Waals surface area contributed by atoms with Crippen LogP contribution in [0.25, 0.3) is 11.5 Å². The number of nitrogens with zero attached hydrogens (tertiary/aromatic N) is 3. The highest BCUT2D eigenvalue weighted by molar-refractivity contribution is 7.92. The monoisotopic (exact) mass is 442 g/mol. The van der Waals surface area contributed by atoms with Crippen molar-refractivity contribution in [3.05, 3.63) is 53.4 Å². The van der Waals surface area contributed by atoms with Gasteiger partial charge in [-0.3, -0.25) is 14.2 Å². The standard InChI is InChI=1S/C22H26N4O4S/c1-4-26(17-9-7-8-15(2)12-17)31(28,29)20-13-19(30-16(20)3)21-18(14-23-24-21)22(27)25-10-5-6-11-25/h7-9,12-14H,4-6,10-11H2,1-3H3,(H,23,24). The molecule has 0 saturated carbocycles. The van der Waals surface area contributed by atoms with E-state index < -0.39 is 10.0 Å². The zero-order valence-corrected chi connectivity index (χ0v) is 18.7. The number of aromatic amines is 1. The molecular weight excluding hydrogens is 416 g/mol. The van der Waals surface area contributed by atoms with Crippen molar-refractivity contribution in [2.45, 2.75) is 38.5 Å². The SMILES string of the molecule is CCN(c1cccc(C)c1)S(=O)(=O)c1cc(-c2[nH]ncc2C(=O)N2CCCC2)oc1C. The fourth-order valence-corrected chi connectivity index (χ4v) is 5.59. The molecular formula is C22H26N4O4S. The first-order valence-corrected chi connectivity index (χ1v) is 11.8. The summed E-state index contributed by atoms with van der Waals surface area (Å²) in [7, 11) is -3.86. The van der Waals surface area contributed by atoms with E-state index in [9.17, 15) is 13.2 Å². The van der Waals surface area contributed by atoms with Gasteiger partial charge in [-0.1, -0.05) is 12.1 Å². The Balaban J connectivity index is 1.71. The van der Waals surface area contributed by atoms with Crippen LogP contribution in [-0.2, 0) is 10.0 Å². The molecule has 3 heterocycles. The number of aromatic nitrogens is 2. The van der Waals surface area contributed by atoms with E-state index in [1.807, 2.05) is 25.1 Å². The van der Waals surface area contributed by atoms with Crippen molar-refractivity contribution < 1.29 is 17.6 Å². The van der Waals surface area contributed by atoms with Gasteiger partial charge in [0.2, 0.25) is 0 Å². The van der Waals surface area contributed by atoms with Crippen LogP contribution in [0.4, 0.5) is 5.69 Å². The molecule has 4 rings (SSSR count). The molecule has 0 aliphatic carbocycles. The maximum Gasteiger partial charge on any atom is 0.267 e. The summed E-state index contributed by atoms with van der Waals surface area (Å²) in [6.45, 7) is 7.01. The maximum absolute atomic E-state index is 13.5. The Labute approximate surface area is 181 Å². The summed E-state index contributed by atoms with van der Waals surface area (Å²) in [5, 5.41) is 6.81. The number of amides is 1. The van der Waals surface area contributed by atoms with Gasteiger partial charge in [-0.15, -0.1) is 0 Å². The van der Waals surface area contributed by atoms with E-state index in [-0.39, 0.29) is 28.9 Å². The van der Waals surface area contributed by atoms with E-state index in [4.69, 9.17) is 4.42 Å². The van der Waals surface area contributed by atoms with Crippen LogP contribution in [0.1, 0.15) is 41.4 Å². The second-order valence-corrected chi connectivity index (χ2v) is 9.53. The molecule has 1 fully saturated rings. The van der Waals surface area contributed by atoms with E-state index in [0.717, 1.165) is 18.4 Å². The number of sulfonamides is 1. The van der Waals surface area contributed by atoms with Crippen molar-refractivity contribution in [3.8, 4) is 11.5 Å². The van der Waals surface area contributed by atoms with Crippen molar-refractivity contribution in [1.82, 2.24) is 15.1 Å². The minimum Gasteiger partial charge on any atom is -0.458 e. The number of hydrogen-bond donors (Lipinski definition) is 1. The Kier molecular flexibility index (Phi) is 5.62. The van der Waals surface area contributed by atoms with Crippen molar-refractivity contribution in [3.63, 3.8) is 0 Å². The van der Waals surface area contributed by atoms with Gasteiger partial charge in [-0.05, 0) is 51.3 Å². The predicted molar refractivity (Wildman–Crippen MR) is 118 cm³/mol. The van der Waals surface area contributed by atoms with Gasteiger partial charge < -0.3 is 9.32 Å². The first-order valence-electron chi connectivity index (χ1n) is 10.4. The van der Waals surface area contributed by atoms with Gasteiger partial charge in [0.25, 0.3) is 15.9 Å². The number of benzene rings is 1. The highest BCUT2D eigenvalue weighted by Crippen LogP contribution is 2.33. The van der Waals surface area contributed by atoms with Gasteiger partial charge in [0, 0.05) is 25.7 Å². The average Bonchev–Trinajstić information content (AvgIpc) is 3.48. The van der Waals surface area contributed by atoms with E-state index in [1.54, 1.807) is 24.8 Å². The van der Waals surface area contributed by atoms with Crippen LogP contribution in [0, 0.1) is 13.8 Å². The molecule has 1 N–H and O–H groups in total. The second kappa shape index (κ2) is 8.22. The lowest BCUT2D eigenvalue weighted by Gasteiger charge is -2.22. The van der Waals surface area contributed by atoms with Gasteiger partial charge in [0.1, 0.15) is 16.3 Å². The van der Waals surface area contributed by atoms with Crippen molar-refractivity contribution >= 4 is 21.6 Å². The number of hydrogen-bond acceptors (Lipinski definition) is 5. The van der Waals surface area contributed by atoms with Gasteiger partial charge in [0.15, 0.2) is 5.76 Å². The summed E-state index contributed by atoms with van der Waals surface area (Å²) in [6, 6.07) is 8.82. The lowest BCUT2D eigenvalue weighted by molar-refractivity contribution is 0.0793. The van der Waals surface area contributed by atoms with E-state index in [2.05, 4.69) is 10.2 Å². The van der Waals surface area contributed by atoms with E-state index >= 15 is 0 Å². The molecule has 1 amide bonds. The molecule has 3 aromatic rings. The molecule has 164 valence electrons. The molecule has 1 aromatic carbocycles. The number of H-pyrrole nitrogens is 1. The van der Waals surface area contributed by atoms with Crippen LogP contribution in [0.3, 0.4) is 0 Å². The summed E-state index contributed by atoms with van der Waals surface area (Å²) >= 11 is 0. The molecule has 8 nitrogen and oxygen atoms in total. The number of furan rings is 1. The molecule has 0 unspecified atom stereocenters. The zero-order valence-electron chi connectivity index (χ0n) is 17.9. The molecule has 2 aromatic heterocycles. The van der Waals surface area contributed by atoms with Crippen LogP contribution in [0.2, 0.25) is 0 Å². The molecule has 31 heavy (non-hydrogen) atoms. The van der Waals surface area contributed by atoms with Gasteiger partial charge in [0.05, 0.1) is 17.4 Å². The topological polar surface area (TPSA) is 99.5 Å². The third kappa shape index (κ3) is 3.85. The molecule has 1 aliphatic heterocycles. The first kappa shape index (κ1) is 21.2. The quantitative estimate of drug-likeness (QED) is 0.627. The number of rotatable bonds is 6. The molecule has 1 aliphatic rings. The Morgan fingerprint density at radius 3 is 2.65 bits per heavy atom. The number of nitrogens with one attached hydrogen (secondary N) is 1. The number of carbonyl (C=O) groups excluding carboxylic acids is 1. The molecule has 9 heteroatoms. The Morgan fingerprint density at radius 1 is 1.23 bits per heavy atom. The smallest absolute Gasteiger partial charge is 0.267 e. The largest absolute Gasteiger partial charge is 0.458 e. The molecule has 0 radical (unpaired) electrons. The first-order chi connectivity index (χ1) is 14.8. The van der Waals surface area contributed by atoms with E-state index in [1.165, 1.54) is 16.6 Å². The van der Waals surface area contributed by atoms with Crippen molar-refractivity contribution in [2.24, 2.45) is 0 Å². The summed E-state index contributed by atoms with van der Waals surface area (Å²) < 4.78 is 34.1. The highest BCUT2D eigenvalue weighted by Gasteiger charge is 2.31. The zero-order chi connectivity index (χ0) is 22.2. The average molecular weight is 443 g/mol. The summed E-state index contributed by atoms with van der Waals surface area (Å²) in [4.78, 5) is 14.7. The van der Waals surface area contributed by atoms with Gasteiger partial charge in [-0.25, -0.2) is 8.42 Å². The Morgan fingerprint density at radius 2 is 1.97 bits per heavy atom. The Hall–Kier alpha value is -3.07. The molecule has 0 atom stereocenters. The minimum atomic E-state index is -3.86.